The highest BCUT2D eigenvalue weighted by atomic mass is 32.2. The number of ether oxygens (including phenoxy) is 3. The van der Waals surface area contributed by atoms with Crippen LogP contribution < -0.4 is 9.46 Å². The Balaban J connectivity index is 1.82. The van der Waals surface area contributed by atoms with Crippen molar-refractivity contribution in [3.8, 4) is 5.75 Å². The number of nitrogens with one attached hydrogen (secondary N) is 1. The van der Waals surface area contributed by atoms with Crippen molar-refractivity contribution < 1.29 is 22.6 Å². The zero-order chi connectivity index (χ0) is 18.1. The summed E-state index contributed by atoms with van der Waals surface area (Å²) in [5.74, 6) is 0.670. The first-order chi connectivity index (χ1) is 12.0. The summed E-state index contributed by atoms with van der Waals surface area (Å²) < 4.78 is 43.3. The fraction of sp³-hybridized carbons (Fsp3) is 0.647. The number of aryl methyl sites for hydroxylation is 1. The zero-order valence-electron chi connectivity index (χ0n) is 15.0. The van der Waals surface area contributed by atoms with Gasteiger partial charge < -0.3 is 14.2 Å². The molecule has 0 spiro atoms. The lowest BCUT2D eigenvalue weighted by molar-refractivity contribution is 0.0376. The molecule has 1 heterocycles. The smallest absolute Gasteiger partial charge is 0.240 e. The fourth-order valence-electron chi connectivity index (χ4n) is 2.60. The summed E-state index contributed by atoms with van der Waals surface area (Å²) in [7, 11) is -1.89. The van der Waals surface area contributed by atoms with E-state index in [0.29, 0.717) is 25.5 Å². The van der Waals surface area contributed by atoms with E-state index in [1.807, 2.05) is 6.92 Å². The molecule has 0 radical (unpaired) electrons. The van der Waals surface area contributed by atoms with E-state index in [0.717, 1.165) is 44.8 Å². The van der Waals surface area contributed by atoms with Gasteiger partial charge in [0.2, 0.25) is 10.0 Å². The van der Waals surface area contributed by atoms with E-state index >= 15 is 0 Å². The van der Waals surface area contributed by atoms with E-state index in [9.17, 15) is 8.42 Å². The molecular weight excluding hydrogens is 344 g/mol. The molecule has 1 aromatic carbocycles. The third-order valence-corrected chi connectivity index (χ3v) is 5.51. The Morgan fingerprint density at radius 3 is 2.68 bits per heavy atom. The third kappa shape index (κ3) is 6.56. The van der Waals surface area contributed by atoms with Crippen LogP contribution in [0, 0.1) is 6.92 Å². The van der Waals surface area contributed by atoms with Crippen LogP contribution in [0.2, 0.25) is 0 Å². The number of hydrogen-bond acceptors (Lipinski definition) is 6. The van der Waals surface area contributed by atoms with Crippen molar-refractivity contribution in [1.29, 1.82) is 0 Å². The molecule has 2 rings (SSSR count). The zero-order valence-corrected chi connectivity index (χ0v) is 15.8. The van der Waals surface area contributed by atoms with E-state index < -0.39 is 10.0 Å². The van der Waals surface area contributed by atoms with Crippen LogP contribution in [0.5, 0.6) is 5.75 Å². The quantitative estimate of drug-likeness (QED) is 0.618. The van der Waals surface area contributed by atoms with Gasteiger partial charge in [0.15, 0.2) is 0 Å². The standard InChI is InChI=1S/C17H28N2O5S/c1-15-14-16(4-5-17(15)24-13-12-22-2)25(20,21)18-6-3-7-19-8-10-23-11-9-19/h4-5,14,18H,3,6-13H2,1-2H3. The highest BCUT2D eigenvalue weighted by Crippen LogP contribution is 2.21. The van der Waals surface area contributed by atoms with E-state index in [1.165, 1.54) is 0 Å². The molecule has 0 amide bonds. The van der Waals surface area contributed by atoms with E-state index in [-0.39, 0.29) is 4.90 Å². The lowest BCUT2D eigenvalue weighted by Gasteiger charge is -2.26. The van der Waals surface area contributed by atoms with Gasteiger partial charge in [-0.15, -0.1) is 0 Å². The van der Waals surface area contributed by atoms with Gasteiger partial charge in [-0.05, 0) is 43.7 Å². The van der Waals surface area contributed by atoms with Gasteiger partial charge in [0.05, 0.1) is 24.7 Å². The molecule has 142 valence electrons. The van der Waals surface area contributed by atoms with Crippen molar-refractivity contribution >= 4 is 10.0 Å². The highest BCUT2D eigenvalue weighted by Gasteiger charge is 2.16. The van der Waals surface area contributed by atoms with E-state index in [2.05, 4.69) is 9.62 Å². The summed E-state index contributed by atoms with van der Waals surface area (Å²) in [6.07, 6.45) is 0.774. The van der Waals surface area contributed by atoms with E-state index in [1.54, 1.807) is 25.3 Å². The highest BCUT2D eigenvalue weighted by molar-refractivity contribution is 7.89. The summed E-state index contributed by atoms with van der Waals surface area (Å²) in [6, 6.07) is 4.89. The number of morpholine rings is 1. The van der Waals surface area contributed by atoms with Gasteiger partial charge in [0.1, 0.15) is 12.4 Å². The van der Waals surface area contributed by atoms with Crippen LogP contribution in [-0.2, 0) is 19.5 Å². The van der Waals surface area contributed by atoms with Crippen molar-refractivity contribution in [2.45, 2.75) is 18.2 Å². The van der Waals surface area contributed by atoms with Crippen LogP contribution in [0.1, 0.15) is 12.0 Å². The van der Waals surface area contributed by atoms with Crippen LogP contribution in [0.15, 0.2) is 23.1 Å². The summed E-state index contributed by atoms with van der Waals surface area (Å²) >= 11 is 0. The van der Waals surface area contributed by atoms with Crippen LogP contribution in [0.3, 0.4) is 0 Å². The van der Waals surface area contributed by atoms with Crippen LogP contribution in [0.25, 0.3) is 0 Å². The number of rotatable bonds is 10. The fourth-order valence-corrected chi connectivity index (χ4v) is 3.76. The minimum atomic E-state index is -3.50. The normalized spacial score (nSPS) is 16.1. The molecule has 0 aliphatic carbocycles. The number of hydrogen-bond donors (Lipinski definition) is 1. The molecular formula is C17H28N2O5S. The molecule has 0 atom stereocenters. The van der Waals surface area contributed by atoms with Gasteiger partial charge in [-0.2, -0.15) is 0 Å². The Morgan fingerprint density at radius 2 is 2.00 bits per heavy atom. The van der Waals surface area contributed by atoms with Gasteiger partial charge in [-0.1, -0.05) is 0 Å². The summed E-state index contributed by atoms with van der Waals surface area (Å²) in [5.41, 5.74) is 0.785. The second-order valence-corrected chi connectivity index (χ2v) is 7.74. The molecule has 1 saturated heterocycles. The first-order valence-electron chi connectivity index (χ1n) is 8.55. The lowest BCUT2D eigenvalue weighted by Crippen LogP contribution is -2.38. The average Bonchev–Trinajstić information content (AvgIpc) is 2.61. The molecule has 1 aliphatic heterocycles. The van der Waals surface area contributed by atoms with Crippen LogP contribution in [-0.4, -0.2) is 73.0 Å². The largest absolute Gasteiger partial charge is 0.491 e. The SMILES string of the molecule is COCCOc1ccc(S(=O)(=O)NCCCN2CCOCC2)cc1C. The minimum absolute atomic E-state index is 0.260. The molecule has 8 heteroatoms. The molecule has 25 heavy (non-hydrogen) atoms. The second kappa shape index (κ2) is 10.1. The van der Waals surface area contributed by atoms with Gasteiger partial charge in [-0.3, -0.25) is 4.90 Å². The topological polar surface area (TPSA) is 77.1 Å². The Kier molecular flexibility index (Phi) is 8.11. The molecule has 1 aliphatic rings. The maximum absolute atomic E-state index is 12.4. The Bertz CT molecular complexity index is 630. The first kappa shape index (κ1) is 20.1. The summed E-state index contributed by atoms with van der Waals surface area (Å²) in [4.78, 5) is 2.55. The summed E-state index contributed by atoms with van der Waals surface area (Å²) in [5, 5.41) is 0. The predicted molar refractivity (Wildman–Crippen MR) is 95.6 cm³/mol. The molecule has 1 fully saturated rings. The lowest BCUT2D eigenvalue weighted by atomic mass is 10.2. The number of sulfonamides is 1. The molecule has 0 saturated carbocycles. The third-order valence-electron chi connectivity index (χ3n) is 4.05. The number of nitrogens with zero attached hydrogens (tertiary/aromatic N) is 1. The Labute approximate surface area is 150 Å². The maximum Gasteiger partial charge on any atom is 0.240 e. The minimum Gasteiger partial charge on any atom is -0.491 e. The maximum atomic E-state index is 12.4. The van der Waals surface area contributed by atoms with Gasteiger partial charge >= 0.3 is 0 Å². The van der Waals surface area contributed by atoms with Crippen molar-refractivity contribution in [3.63, 3.8) is 0 Å². The van der Waals surface area contributed by atoms with Crippen molar-refractivity contribution in [1.82, 2.24) is 9.62 Å². The predicted octanol–water partition coefficient (Wildman–Crippen LogP) is 1.02. The first-order valence-corrected chi connectivity index (χ1v) is 10.0. The van der Waals surface area contributed by atoms with Gasteiger partial charge in [-0.25, -0.2) is 13.1 Å². The Hall–Kier alpha value is -1.19. The monoisotopic (exact) mass is 372 g/mol. The Morgan fingerprint density at radius 1 is 1.24 bits per heavy atom. The van der Waals surface area contributed by atoms with Crippen molar-refractivity contribution in [2.24, 2.45) is 0 Å². The second-order valence-electron chi connectivity index (χ2n) is 5.97. The van der Waals surface area contributed by atoms with Crippen molar-refractivity contribution in [2.75, 3.05) is 59.7 Å². The van der Waals surface area contributed by atoms with Crippen molar-refractivity contribution in [3.05, 3.63) is 23.8 Å². The van der Waals surface area contributed by atoms with Gasteiger partial charge in [0.25, 0.3) is 0 Å². The number of methoxy groups -OCH3 is 1. The van der Waals surface area contributed by atoms with Crippen LogP contribution in [0.4, 0.5) is 0 Å². The summed E-state index contributed by atoms with van der Waals surface area (Å²) in [6.45, 7) is 7.38. The van der Waals surface area contributed by atoms with Crippen LogP contribution >= 0.6 is 0 Å². The molecule has 1 N–H and O–H groups in total. The average molecular weight is 372 g/mol. The molecule has 0 aromatic heterocycles. The van der Waals surface area contributed by atoms with Gasteiger partial charge in [0, 0.05) is 26.7 Å². The van der Waals surface area contributed by atoms with E-state index in [4.69, 9.17) is 14.2 Å². The molecule has 1 aromatic rings. The molecule has 7 nitrogen and oxygen atoms in total. The number of benzene rings is 1. The molecule has 0 unspecified atom stereocenters. The molecule has 0 bridgehead atoms.